The fraction of sp³-hybridized carbons (Fsp3) is 0. The van der Waals surface area contributed by atoms with Crippen molar-refractivity contribution in [1.82, 2.24) is 9.97 Å². The molecule has 0 radical (unpaired) electrons. The van der Waals surface area contributed by atoms with Gasteiger partial charge in [-0.05, 0) is 86.3 Å². The maximum absolute atomic E-state index is 5.38. The van der Waals surface area contributed by atoms with Gasteiger partial charge in [0.2, 0.25) is 0 Å². The summed E-state index contributed by atoms with van der Waals surface area (Å²) >= 11 is 1.84. The second-order valence-corrected chi connectivity index (χ2v) is 14.1. The van der Waals surface area contributed by atoms with Crippen LogP contribution < -0.4 is 0 Å². The lowest BCUT2D eigenvalue weighted by Crippen LogP contribution is -1.97. The van der Waals surface area contributed by atoms with Gasteiger partial charge in [0.1, 0.15) is 0 Å². The van der Waals surface area contributed by atoms with Crippen molar-refractivity contribution in [3.8, 4) is 56.2 Å². The smallest absolute Gasteiger partial charge is 0.160 e. The molecule has 0 aliphatic carbocycles. The van der Waals surface area contributed by atoms with Crippen LogP contribution in [0.5, 0.6) is 0 Å². The molecule has 0 atom stereocenters. The topological polar surface area (TPSA) is 25.8 Å². The van der Waals surface area contributed by atoms with Crippen molar-refractivity contribution in [2.75, 3.05) is 0 Å². The molecule has 0 unspecified atom stereocenters. The fourth-order valence-corrected chi connectivity index (χ4v) is 8.43. The van der Waals surface area contributed by atoms with Gasteiger partial charge in [-0.1, -0.05) is 140 Å². The van der Waals surface area contributed by atoms with Crippen molar-refractivity contribution < 1.29 is 0 Å². The molecule has 0 saturated heterocycles. The zero-order valence-corrected chi connectivity index (χ0v) is 28.4. The van der Waals surface area contributed by atoms with E-state index >= 15 is 0 Å². The minimum Gasteiger partial charge on any atom is -0.228 e. The number of benzene rings is 8. The van der Waals surface area contributed by atoms with Crippen LogP contribution in [0.3, 0.4) is 0 Å². The Labute approximate surface area is 300 Å². The van der Waals surface area contributed by atoms with Crippen molar-refractivity contribution in [3.63, 3.8) is 0 Å². The molecule has 2 aromatic heterocycles. The second-order valence-electron chi connectivity index (χ2n) is 13.0. The van der Waals surface area contributed by atoms with E-state index in [-0.39, 0.29) is 0 Å². The van der Waals surface area contributed by atoms with Gasteiger partial charge in [-0.15, -0.1) is 11.3 Å². The van der Waals surface area contributed by atoms with Crippen molar-refractivity contribution in [2.45, 2.75) is 0 Å². The molecule has 51 heavy (non-hydrogen) atoms. The first-order valence-corrected chi connectivity index (χ1v) is 18.0. The van der Waals surface area contributed by atoms with Crippen LogP contribution in [0.4, 0.5) is 0 Å². The van der Waals surface area contributed by atoms with E-state index < -0.39 is 0 Å². The summed E-state index contributed by atoms with van der Waals surface area (Å²) < 4.78 is 2.52. The van der Waals surface area contributed by atoms with E-state index in [2.05, 4.69) is 182 Å². The Bertz CT molecular complexity index is 2910. The van der Waals surface area contributed by atoms with E-state index in [1.807, 2.05) is 11.3 Å². The standard InChI is InChI=1S/C48H30N2S/c1-3-11-31(12-4-1)35-20-21-37-26-38(23-22-36(37)25-35)43-30-44(50-48(49-43)39-24-19-33-15-7-8-16-34(33)27-39)42-28-40(32-13-5-2-6-14-32)29-46-47(42)41-17-9-10-18-45(41)51-46/h1-30H. The van der Waals surface area contributed by atoms with Gasteiger partial charge in [-0.2, -0.15) is 0 Å². The second kappa shape index (κ2) is 12.2. The third kappa shape index (κ3) is 5.36. The number of rotatable bonds is 5. The predicted octanol–water partition coefficient (Wildman–Crippen LogP) is 13.5. The molecule has 238 valence electrons. The van der Waals surface area contributed by atoms with Crippen LogP contribution in [-0.2, 0) is 0 Å². The molecule has 0 aliphatic heterocycles. The summed E-state index contributed by atoms with van der Waals surface area (Å²) in [4.78, 5) is 10.7. The van der Waals surface area contributed by atoms with E-state index in [0.29, 0.717) is 5.82 Å². The molecule has 2 nitrogen and oxygen atoms in total. The maximum Gasteiger partial charge on any atom is 0.160 e. The molecule has 0 N–H and O–H groups in total. The highest BCUT2D eigenvalue weighted by atomic mass is 32.1. The van der Waals surface area contributed by atoms with Crippen LogP contribution in [0.25, 0.3) is 97.9 Å². The zero-order chi connectivity index (χ0) is 33.7. The Balaban J connectivity index is 1.21. The number of aromatic nitrogens is 2. The molecule has 10 aromatic rings. The van der Waals surface area contributed by atoms with Crippen LogP contribution >= 0.6 is 11.3 Å². The summed E-state index contributed by atoms with van der Waals surface area (Å²) in [5.74, 6) is 0.713. The van der Waals surface area contributed by atoms with Crippen molar-refractivity contribution in [2.24, 2.45) is 0 Å². The Morgan fingerprint density at radius 1 is 0.333 bits per heavy atom. The van der Waals surface area contributed by atoms with Gasteiger partial charge in [-0.3, -0.25) is 0 Å². The largest absolute Gasteiger partial charge is 0.228 e. The SMILES string of the molecule is c1ccc(-c2ccc3cc(-c4cc(-c5cc(-c6ccccc6)cc6sc7ccccc7c56)nc(-c5ccc6ccccc6c5)n4)ccc3c2)cc1. The lowest BCUT2D eigenvalue weighted by molar-refractivity contribution is 1.19. The van der Waals surface area contributed by atoms with Gasteiger partial charge in [-0.25, -0.2) is 9.97 Å². The molecule has 2 heterocycles. The highest BCUT2D eigenvalue weighted by molar-refractivity contribution is 7.26. The number of thiophene rings is 1. The Morgan fingerprint density at radius 2 is 0.902 bits per heavy atom. The van der Waals surface area contributed by atoms with E-state index in [1.54, 1.807) is 0 Å². The van der Waals surface area contributed by atoms with Gasteiger partial charge < -0.3 is 0 Å². The van der Waals surface area contributed by atoms with Gasteiger partial charge in [0.25, 0.3) is 0 Å². The number of hydrogen-bond acceptors (Lipinski definition) is 3. The summed E-state index contributed by atoms with van der Waals surface area (Å²) in [5, 5.41) is 7.23. The molecule has 8 aromatic carbocycles. The van der Waals surface area contributed by atoms with Crippen LogP contribution in [0.2, 0.25) is 0 Å². The van der Waals surface area contributed by atoms with E-state index in [0.717, 1.165) is 28.1 Å². The third-order valence-electron chi connectivity index (χ3n) is 9.84. The first-order valence-electron chi connectivity index (χ1n) is 17.2. The van der Waals surface area contributed by atoms with Gasteiger partial charge in [0, 0.05) is 36.9 Å². The van der Waals surface area contributed by atoms with Crippen molar-refractivity contribution >= 4 is 53.1 Å². The lowest BCUT2D eigenvalue weighted by atomic mass is 9.95. The highest BCUT2D eigenvalue weighted by Crippen LogP contribution is 2.43. The maximum atomic E-state index is 5.38. The molecule has 0 fully saturated rings. The van der Waals surface area contributed by atoms with Gasteiger partial charge >= 0.3 is 0 Å². The Morgan fingerprint density at radius 3 is 1.71 bits per heavy atom. The molecule has 0 saturated carbocycles. The van der Waals surface area contributed by atoms with Crippen LogP contribution in [0.1, 0.15) is 0 Å². The van der Waals surface area contributed by atoms with Crippen molar-refractivity contribution in [3.05, 3.63) is 182 Å². The summed E-state index contributed by atoms with van der Waals surface area (Å²) in [6.07, 6.45) is 0. The van der Waals surface area contributed by atoms with Crippen LogP contribution in [-0.4, -0.2) is 9.97 Å². The number of fused-ring (bicyclic) bond motifs is 5. The minimum absolute atomic E-state index is 0.713. The summed E-state index contributed by atoms with van der Waals surface area (Å²) in [5.41, 5.74) is 9.77. The molecular weight excluding hydrogens is 637 g/mol. The average Bonchev–Trinajstić information content (AvgIpc) is 3.59. The van der Waals surface area contributed by atoms with Crippen LogP contribution in [0.15, 0.2) is 182 Å². The normalized spacial score (nSPS) is 11.5. The quantitative estimate of drug-likeness (QED) is 0.183. The fourth-order valence-electron chi connectivity index (χ4n) is 7.26. The molecule has 0 spiro atoms. The van der Waals surface area contributed by atoms with E-state index in [4.69, 9.17) is 9.97 Å². The molecule has 10 rings (SSSR count). The van der Waals surface area contributed by atoms with Gasteiger partial charge in [0.05, 0.1) is 11.4 Å². The third-order valence-corrected chi connectivity index (χ3v) is 11.0. The first kappa shape index (κ1) is 29.5. The first-order chi connectivity index (χ1) is 25.2. The monoisotopic (exact) mass is 666 g/mol. The molecule has 0 bridgehead atoms. The predicted molar refractivity (Wildman–Crippen MR) is 217 cm³/mol. The number of hydrogen-bond donors (Lipinski definition) is 0. The van der Waals surface area contributed by atoms with E-state index in [1.165, 1.54) is 64.0 Å². The molecular formula is C48H30N2S. The van der Waals surface area contributed by atoms with Crippen molar-refractivity contribution in [1.29, 1.82) is 0 Å². The summed E-state index contributed by atoms with van der Waals surface area (Å²) in [6.45, 7) is 0. The molecule has 0 aliphatic rings. The van der Waals surface area contributed by atoms with E-state index in [9.17, 15) is 0 Å². The zero-order valence-electron chi connectivity index (χ0n) is 27.6. The lowest BCUT2D eigenvalue weighted by Gasteiger charge is -2.13. The summed E-state index contributed by atoms with van der Waals surface area (Å²) in [7, 11) is 0. The van der Waals surface area contributed by atoms with Gasteiger partial charge in [0.15, 0.2) is 5.82 Å². The minimum atomic E-state index is 0.713. The molecule has 3 heteroatoms. The Kier molecular flexibility index (Phi) is 7.04. The Hall–Kier alpha value is -6.42. The summed E-state index contributed by atoms with van der Waals surface area (Å²) in [6, 6.07) is 65.1. The van der Waals surface area contributed by atoms with Crippen LogP contribution in [0, 0.1) is 0 Å². The average molecular weight is 667 g/mol. The number of nitrogens with zero attached hydrogens (tertiary/aromatic N) is 2. The highest BCUT2D eigenvalue weighted by Gasteiger charge is 2.18. The molecule has 0 amide bonds.